The van der Waals surface area contributed by atoms with Gasteiger partial charge in [-0.15, -0.1) is 0 Å². The van der Waals surface area contributed by atoms with Gasteiger partial charge in [-0.05, 0) is 31.2 Å². The highest BCUT2D eigenvalue weighted by Gasteiger charge is 2.30. The molecule has 3 N–H and O–H groups in total. The predicted octanol–water partition coefficient (Wildman–Crippen LogP) is 4.06. The zero-order valence-corrected chi connectivity index (χ0v) is 16.2. The number of rotatable bonds is 5. The summed E-state index contributed by atoms with van der Waals surface area (Å²) in [4.78, 5) is 25.6. The molecule has 4 rings (SSSR count). The van der Waals surface area contributed by atoms with Gasteiger partial charge in [-0.2, -0.15) is 18.3 Å². The van der Waals surface area contributed by atoms with Gasteiger partial charge in [0.2, 0.25) is 0 Å². The quantitative estimate of drug-likeness (QED) is 0.438. The van der Waals surface area contributed by atoms with E-state index in [1.807, 2.05) is 0 Å². The first-order chi connectivity index (χ1) is 14.3. The number of nitrogens with zero attached hydrogens (tertiary/aromatic N) is 4. The summed E-state index contributed by atoms with van der Waals surface area (Å²) in [5.41, 5.74) is 0.418. The molecule has 0 aliphatic rings. The molecule has 0 aliphatic carbocycles. The summed E-state index contributed by atoms with van der Waals surface area (Å²) in [6.45, 7) is 1.79. The summed E-state index contributed by atoms with van der Waals surface area (Å²) in [6.07, 6.45) is -0.0335. The molecule has 0 fully saturated rings. The van der Waals surface area contributed by atoms with Crippen molar-refractivity contribution < 1.29 is 18.0 Å². The molecule has 3 heterocycles. The fourth-order valence-corrected chi connectivity index (χ4v) is 3.53. The molecule has 154 valence electrons. The van der Waals surface area contributed by atoms with Crippen molar-refractivity contribution in [3.63, 3.8) is 0 Å². The monoisotopic (exact) mass is 433 g/mol. The Kier molecular flexibility index (Phi) is 5.08. The van der Waals surface area contributed by atoms with E-state index < -0.39 is 11.7 Å². The van der Waals surface area contributed by atoms with Gasteiger partial charge in [-0.1, -0.05) is 11.3 Å². The zero-order chi connectivity index (χ0) is 21.3. The van der Waals surface area contributed by atoms with Crippen molar-refractivity contribution in [2.75, 3.05) is 5.32 Å². The van der Waals surface area contributed by atoms with Crippen LogP contribution in [0.15, 0.2) is 43.0 Å². The highest BCUT2D eigenvalue weighted by Crippen LogP contribution is 2.31. The molecule has 0 saturated heterocycles. The van der Waals surface area contributed by atoms with Crippen molar-refractivity contribution in [3.8, 4) is 0 Å². The molecule has 0 spiro atoms. The Morgan fingerprint density at radius 1 is 1.13 bits per heavy atom. The maximum absolute atomic E-state index is 12.7. The standard InChI is InChI=1S/C18H14F3N7OS/c1-9(26-16(29)14-12-6-25-28-15(12)24-8-23-14)13-7-22-17(30-13)27-11-4-2-10(3-5-11)18(19,20)21/h2-9H,1H3,(H,22,27)(H,26,29)(H,23,24,25,28). The molecule has 1 aromatic carbocycles. The van der Waals surface area contributed by atoms with Gasteiger partial charge in [-0.25, -0.2) is 15.0 Å². The van der Waals surface area contributed by atoms with Crippen LogP contribution in [-0.2, 0) is 6.18 Å². The molecule has 3 aromatic heterocycles. The van der Waals surface area contributed by atoms with Crippen LogP contribution in [0, 0.1) is 0 Å². The number of aromatic nitrogens is 5. The lowest BCUT2D eigenvalue weighted by atomic mass is 10.2. The minimum Gasteiger partial charge on any atom is -0.343 e. The summed E-state index contributed by atoms with van der Waals surface area (Å²) in [6, 6.07) is 4.30. The Labute approximate surface area is 171 Å². The molecular formula is C18H14F3N7OS. The number of halogens is 3. The summed E-state index contributed by atoms with van der Waals surface area (Å²) in [7, 11) is 0. The average Bonchev–Trinajstić information content (AvgIpc) is 3.36. The second-order valence-electron chi connectivity index (χ2n) is 6.32. The van der Waals surface area contributed by atoms with Crippen LogP contribution in [0.4, 0.5) is 24.0 Å². The van der Waals surface area contributed by atoms with Gasteiger partial charge in [0.1, 0.15) is 12.0 Å². The Hall–Kier alpha value is -3.54. The van der Waals surface area contributed by atoms with Gasteiger partial charge < -0.3 is 10.6 Å². The highest BCUT2D eigenvalue weighted by atomic mass is 32.1. The van der Waals surface area contributed by atoms with E-state index in [0.29, 0.717) is 21.9 Å². The Morgan fingerprint density at radius 2 is 1.90 bits per heavy atom. The van der Waals surface area contributed by atoms with Crippen LogP contribution in [0.3, 0.4) is 0 Å². The minimum atomic E-state index is -4.38. The predicted molar refractivity (Wildman–Crippen MR) is 104 cm³/mol. The highest BCUT2D eigenvalue weighted by molar-refractivity contribution is 7.15. The number of hydrogen-bond donors (Lipinski definition) is 3. The van der Waals surface area contributed by atoms with E-state index >= 15 is 0 Å². The number of alkyl halides is 3. The van der Waals surface area contributed by atoms with Crippen LogP contribution >= 0.6 is 11.3 Å². The third-order valence-electron chi connectivity index (χ3n) is 4.22. The number of nitrogens with one attached hydrogen (secondary N) is 3. The molecule has 4 aromatic rings. The summed E-state index contributed by atoms with van der Waals surface area (Å²) in [5.74, 6) is -0.387. The normalized spacial score (nSPS) is 12.7. The van der Waals surface area contributed by atoms with E-state index in [1.165, 1.54) is 36.0 Å². The fourth-order valence-electron chi connectivity index (χ4n) is 2.69. The number of aromatic amines is 1. The van der Waals surface area contributed by atoms with E-state index in [2.05, 4.69) is 35.8 Å². The van der Waals surface area contributed by atoms with E-state index in [4.69, 9.17) is 0 Å². The lowest BCUT2D eigenvalue weighted by Gasteiger charge is -2.11. The number of H-pyrrole nitrogens is 1. The largest absolute Gasteiger partial charge is 0.416 e. The SMILES string of the molecule is CC(NC(=O)c1ncnc2[nH]ncc12)c1cnc(Nc2ccc(C(F)(F)F)cc2)s1. The molecule has 0 saturated carbocycles. The topological polar surface area (TPSA) is 108 Å². The van der Waals surface area contributed by atoms with Crippen molar-refractivity contribution in [2.45, 2.75) is 19.1 Å². The lowest BCUT2D eigenvalue weighted by Crippen LogP contribution is -2.27. The molecule has 0 bridgehead atoms. The first kappa shape index (κ1) is 19.8. The second-order valence-corrected chi connectivity index (χ2v) is 7.38. The number of amides is 1. The molecule has 1 atom stereocenters. The zero-order valence-electron chi connectivity index (χ0n) is 15.4. The molecule has 30 heavy (non-hydrogen) atoms. The maximum atomic E-state index is 12.7. The molecular weight excluding hydrogens is 419 g/mol. The number of carbonyl (C=O) groups is 1. The number of fused-ring (bicyclic) bond motifs is 1. The van der Waals surface area contributed by atoms with Crippen molar-refractivity contribution in [2.24, 2.45) is 0 Å². The van der Waals surface area contributed by atoms with Crippen molar-refractivity contribution in [1.82, 2.24) is 30.5 Å². The Balaban J connectivity index is 1.43. The third kappa shape index (κ3) is 4.08. The first-order valence-corrected chi connectivity index (χ1v) is 9.48. The Morgan fingerprint density at radius 3 is 2.63 bits per heavy atom. The van der Waals surface area contributed by atoms with Crippen LogP contribution in [0.1, 0.15) is 33.9 Å². The molecule has 0 aliphatic heterocycles. The molecule has 0 radical (unpaired) electrons. The average molecular weight is 433 g/mol. The Bertz CT molecular complexity index is 1190. The van der Waals surface area contributed by atoms with E-state index in [-0.39, 0.29) is 17.6 Å². The molecule has 1 amide bonds. The maximum Gasteiger partial charge on any atom is 0.416 e. The third-order valence-corrected chi connectivity index (χ3v) is 5.32. The molecule has 1 unspecified atom stereocenters. The van der Waals surface area contributed by atoms with E-state index in [1.54, 1.807) is 13.1 Å². The fraction of sp³-hybridized carbons (Fsp3) is 0.167. The van der Waals surface area contributed by atoms with Gasteiger partial charge in [0.05, 0.1) is 23.2 Å². The van der Waals surface area contributed by atoms with Crippen LogP contribution in [-0.4, -0.2) is 31.1 Å². The molecule has 12 heteroatoms. The van der Waals surface area contributed by atoms with Crippen LogP contribution < -0.4 is 10.6 Å². The minimum absolute atomic E-state index is 0.202. The van der Waals surface area contributed by atoms with Crippen LogP contribution in [0.25, 0.3) is 11.0 Å². The van der Waals surface area contributed by atoms with Gasteiger partial charge >= 0.3 is 6.18 Å². The summed E-state index contributed by atoms with van der Waals surface area (Å²) < 4.78 is 38.0. The second kappa shape index (κ2) is 7.71. The van der Waals surface area contributed by atoms with Crippen molar-refractivity contribution in [1.29, 1.82) is 0 Å². The van der Waals surface area contributed by atoms with Crippen LogP contribution in [0.5, 0.6) is 0 Å². The smallest absolute Gasteiger partial charge is 0.343 e. The van der Waals surface area contributed by atoms with Gasteiger partial charge in [-0.3, -0.25) is 9.89 Å². The lowest BCUT2D eigenvalue weighted by molar-refractivity contribution is -0.137. The van der Waals surface area contributed by atoms with Crippen LogP contribution in [0.2, 0.25) is 0 Å². The van der Waals surface area contributed by atoms with Gasteiger partial charge in [0.25, 0.3) is 5.91 Å². The number of anilines is 2. The van der Waals surface area contributed by atoms with Gasteiger partial charge in [0, 0.05) is 16.8 Å². The van der Waals surface area contributed by atoms with Crippen molar-refractivity contribution >= 4 is 39.1 Å². The summed E-state index contributed by atoms with van der Waals surface area (Å²) >= 11 is 1.28. The molecule has 8 nitrogen and oxygen atoms in total. The van der Waals surface area contributed by atoms with E-state index in [9.17, 15) is 18.0 Å². The number of carbonyl (C=O) groups excluding carboxylic acids is 1. The summed E-state index contributed by atoms with van der Waals surface area (Å²) in [5, 5.41) is 13.3. The number of hydrogen-bond acceptors (Lipinski definition) is 7. The number of thiazole rings is 1. The van der Waals surface area contributed by atoms with Gasteiger partial charge in [0.15, 0.2) is 10.8 Å². The van der Waals surface area contributed by atoms with Crippen molar-refractivity contribution in [3.05, 3.63) is 59.1 Å². The first-order valence-electron chi connectivity index (χ1n) is 8.66. The van der Waals surface area contributed by atoms with E-state index in [0.717, 1.165) is 17.0 Å². The number of benzene rings is 1.